The van der Waals surface area contributed by atoms with E-state index in [9.17, 15) is 4.79 Å². The highest BCUT2D eigenvalue weighted by atomic mass is 16.5. The zero-order valence-electron chi connectivity index (χ0n) is 17.0. The van der Waals surface area contributed by atoms with Crippen molar-refractivity contribution >= 4 is 22.6 Å². The molecule has 9 nitrogen and oxygen atoms in total. The second kappa shape index (κ2) is 9.23. The number of fused-ring (bicyclic) bond motifs is 1. The van der Waals surface area contributed by atoms with E-state index in [1.165, 1.54) is 0 Å². The first-order valence-corrected chi connectivity index (χ1v) is 9.71. The number of hydrogen-bond acceptors (Lipinski definition) is 7. The topological polar surface area (TPSA) is 117 Å². The number of nitrogens with zero attached hydrogens (tertiary/aromatic N) is 4. The summed E-state index contributed by atoms with van der Waals surface area (Å²) in [5.74, 6) is 0.857. The predicted octanol–water partition coefficient (Wildman–Crippen LogP) is 2.55. The molecule has 0 radical (unpaired) electrons. The Hall–Kier alpha value is -3.98. The van der Waals surface area contributed by atoms with Crippen molar-refractivity contribution in [2.24, 2.45) is 5.73 Å². The van der Waals surface area contributed by atoms with Gasteiger partial charge in [0.15, 0.2) is 11.6 Å². The minimum absolute atomic E-state index is 0.339. The zero-order valence-corrected chi connectivity index (χ0v) is 17.0. The normalized spacial score (nSPS) is 10.9. The fraction of sp³-hybridized carbons (Fsp3) is 0.182. The Kier molecular flexibility index (Phi) is 6.04. The number of nitrogens with two attached hydrogens (primary N) is 1. The molecular weight excluding hydrogens is 396 g/mol. The summed E-state index contributed by atoms with van der Waals surface area (Å²) in [5.41, 5.74) is 7.65. The molecule has 0 saturated heterocycles. The Morgan fingerprint density at radius 1 is 1.10 bits per heavy atom. The van der Waals surface area contributed by atoms with Gasteiger partial charge in [-0.25, -0.2) is 4.98 Å². The van der Waals surface area contributed by atoms with E-state index < -0.39 is 5.91 Å². The third-order valence-corrected chi connectivity index (χ3v) is 4.66. The third-order valence-electron chi connectivity index (χ3n) is 4.66. The molecule has 0 aliphatic carbocycles. The quantitative estimate of drug-likeness (QED) is 0.401. The minimum Gasteiger partial charge on any atom is -0.486 e. The van der Waals surface area contributed by atoms with Gasteiger partial charge in [0, 0.05) is 19.0 Å². The third kappa shape index (κ3) is 4.46. The zero-order chi connectivity index (χ0) is 21.6. The van der Waals surface area contributed by atoms with Gasteiger partial charge in [-0.2, -0.15) is 14.8 Å². The summed E-state index contributed by atoms with van der Waals surface area (Å²) < 4.78 is 12.4. The average Bonchev–Trinajstić information content (AvgIpc) is 3.23. The van der Waals surface area contributed by atoms with E-state index in [0.29, 0.717) is 53.7 Å². The minimum atomic E-state index is -0.516. The number of rotatable bonds is 9. The highest BCUT2D eigenvalue weighted by molar-refractivity contribution is 6.05. The number of carbonyl (C=O) groups is 1. The lowest BCUT2D eigenvalue weighted by Crippen LogP contribution is -2.12. The molecule has 4 aromatic rings. The molecule has 31 heavy (non-hydrogen) atoms. The van der Waals surface area contributed by atoms with Gasteiger partial charge in [-0.05, 0) is 17.7 Å². The molecular formula is C22H22N6O3. The molecule has 0 saturated carbocycles. The van der Waals surface area contributed by atoms with Gasteiger partial charge in [-0.3, -0.25) is 4.79 Å². The Bertz CT molecular complexity index is 1190. The number of amides is 1. The first-order valence-electron chi connectivity index (χ1n) is 9.71. The maximum Gasteiger partial charge on any atom is 0.253 e. The van der Waals surface area contributed by atoms with Crippen molar-refractivity contribution in [1.29, 1.82) is 0 Å². The van der Waals surface area contributed by atoms with Crippen LogP contribution in [0.15, 0.2) is 60.9 Å². The van der Waals surface area contributed by atoms with Crippen molar-refractivity contribution < 1.29 is 14.3 Å². The molecule has 0 unspecified atom stereocenters. The van der Waals surface area contributed by atoms with Gasteiger partial charge in [0.05, 0.1) is 30.1 Å². The van der Waals surface area contributed by atoms with Crippen LogP contribution in [0.4, 0.5) is 5.82 Å². The molecule has 158 valence electrons. The number of aromatic nitrogens is 4. The maximum atomic E-state index is 11.7. The lowest BCUT2D eigenvalue weighted by molar-refractivity contribution is 0.100. The van der Waals surface area contributed by atoms with Gasteiger partial charge in [-0.1, -0.05) is 36.4 Å². The monoisotopic (exact) mass is 418 g/mol. The van der Waals surface area contributed by atoms with Crippen molar-refractivity contribution in [1.82, 2.24) is 19.7 Å². The fourth-order valence-corrected chi connectivity index (χ4v) is 3.14. The van der Waals surface area contributed by atoms with Crippen LogP contribution in [0.1, 0.15) is 15.9 Å². The van der Waals surface area contributed by atoms with Crippen LogP contribution < -0.4 is 15.8 Å². The molecule has 4 rings (SSSR count). The summed E-state index contributed by atoms with van der Waals surface area (Å²) in [7, 11) is 1.61. The number of anilines is 1. The standard InChI is InChI=1S/C22H22N6O3/c1-30-10-11-31-19-14-25-22(27-21(19)24-12-15-6-3-2-4-7-15)28-18-9-5-8-16(20(23)29)17(18)13-26-28/h2-9,13-14H,10-12H2,1H3,(H2,23,29)(H,24,25,27). The van der Waals surface area contributed by atoms with E-state index in [1.54, 1.807) is 36.3 Å². The van der Waals surface area contributed by atoms with Gasteiger partial charge in [0.1, 0.15) is 6.61 Å². The van der Waals surface area contributed by atoms with Crippen molar-refractivity contribution in [2.45, 2.75) is 6.54 Å². The van der Waals surface area contributed by atoms with Crippen LogP contribution in [-0.4, -0.2) is 46.0 Å². The van der Waals surface area contributed by atoms with Crippen molar-refractivity contribution in [2.75, 3.05) is 25.6 Å². The van der Waals surface area contributed by atoms with E-state index >= 15 is 0 Å². The molecule has 0 bridgehead atoms. The van der Waals surface area contributed by atoms with Crippen LogP contribution in [0.25, 0.3) is 16.9 Å². The van der Waals surface area contributed by atoms with E-state index in [1.807, 2.05) is 36.4 Å². The number of methoxy groups -OCH3 is 1. The van der Waals surface area contributed by atoms with Crippen molar-refractivity contribution in [3.63, 3.8) is 0 Å². The molecule has 0 spiro atoms. The van der Waals surface area contributed by atoms with Crippen LogP contribution in [0.2, 0.25) is 0 Å². The average molecular weight is 418 g/mol. The number of hydrogen-bond donors (Lipinski definition) is 2. The van der Waals surface area contributed by atoms with Crippen LogP contribution in [-0.2, 0) is 11.3 Å². The highest BCUT2D eigenvalue weighted by Gasteiger charge is 2.15. The van der Waals surface area contributed by atoms with Crippen LogP contribution >= 0.6 is 0 Å². The summed E-state index contributed by atoms with van der Waals surface area (Å²) in [6.07, 6.45) is 3.18. The van der Waals surface area contributed by atoms with Crippen molar-refractivity contribution in [3.8, 4) is 11.7 Å². The molecule has 0 aliphatic rings. The summed E-state index contributed by atoms with van der Waals surface area (Å²) in [4.78, 5) is 20.8. The molecule has 9 heteroatoms. The first-order chi connectivity index (χ1) is 15.2. The summed E-state index contributed by atoms with van der Waals surface area (Å²) in [6.45, 7) is 1.37. The van der Waals surface area contributed by atoms with Gasteiger partial charge >= 0.3 is 0 Å². The van der Waals surface area contributed by atoms with E-state index in [-0.39, 0.29) is 0 Å². The molecule has 3 N–H and O–H groups in total. The van der Waals surface area contributed by atoms with Crippen molar-refractivity contribution in [3.05, 3.63) is 72.1 Å². The van der Waals surface area contributed by atoms with Gasteiger partial charge in [-0.15, -0.1) is 0 Å². The number of carbonyl (C=O) groups excluding carboxylic acids is 1. The van der Waals surface area contributed by atoms with E-state index in [2.05, 4.69) is 20.4 Å². The fourth-order valence-electron chi connectivity index (χ4n) is 3.14. The Balaban J connectivity index is 1.69. The molecule has 2 aromatic heterocycles. The van der Waals surface area contributed by atoms with Gasteiger partial charge < -0.3 is 20.5 Å². The Morgan fingerprint density at radius 2 is 1.94 bits per heavy atom. The molecule has 2 aromatic carbocycles. The first kappa shape index (κ1) is 20.3. The van der Waals surface area contributed by atoms with E-state index in [0.717, 1.165) is 5.56 Å². The smallest absolute Gasteiger partial charge is 0.253 e. The summed E-state index contributed by atoms with van der Waals surface area (Å²) in [5, 5.41) is 8.31. The predicted molar refractivity (Wildman–Crippen MR) is 116 cm³/mol. The van der Waals surface area contributed by atoms with E-state index in [4.69, 9.17) is 15.2 Å². The van der Waals surface area contributed by atoms with Crippen LogP contribution in [0.3, 0.4) is 0 Å². The molecule has 0 atom stereocenters. The second-order valence-corrected chi connectivity index (χ2v) is 6.72. The summed E-state index contributed by atoms with van der Waals surface area (Å²) in [6, 6.07) is 15.2. The highest BCUT2D eigenvalue weighted by Crippen LogP contribution is 2.25. The molecule has 2 heterocycles. The number of primary amides is 1. The van der Waals surface area contributed by atoms with Gasteiger partial charge in [0.2, 0.25) is 5.91 Å². The van der Waals surface area contributed by atoms with Gasteiger partial charge in [0.25, 0.3) is 5.95 Å². The number of nitrogens with one attached hydrogen (secondary N) is 1. The van der Waals surface area contributed by atoms with Crippen LogP contribution in [0.5, 0.6) is 5.75 Å². The van der Waals surface area contributed by atoms with Crippen LogP contribution in [0, 0.1) is 0 Å². The molecule has 1 amide bonds. The largest absolute Gasteiger partial charge is 0.486 e. The molecule has 0 fully saturated rings. The lowest BCUT2D eigenvalue weighted by atomic mass is 10.1. The Morgan fingerprint density at radius 3 is 2.71 bits per heavy atom. The SMILES string of the molecule is COCCOc1cnc(-n2ncc3c(C(N)=O)cccc32)nc1NCc1ccccc1. The number of ether oxygens (including phenoxy) is 2. The summed E-state index contributed by atoms with van der Waals surface area (Å²) >= 11 is 0. The second-order valence-electron chi connectivity index (χ2n) is 6.72. The molecule has 0 aliphatic heterocycles. The lowest BCUT2D eigenvalue weighted by Gasteiger charge is -2.13. The maximum absolute atomic E-state index is 11.7. The Labute approximate surface area is 178 Å². The number of benzene rings is 2.